The summed E-state index contributed by atoms with van der Waals surface area (Å²) >= 11 is 0. The van der Waals surface area contributed by atoms with Gasteiger partial charge in [0.25, 0.3) is 0 Å². The third kappa shape index (κ3) is 6.38. The van der Waals surface area contributed by atoms with E-state index in [1.54, 1.807) is 31.3 Å². The number of aromatic nitrogens is 2. The average molecular weight is 506 g/mol. The lowest BCUT2D eigenvalue weighted by molar-refractivity contribution is 0.0213. The van der Waals surface area contributed by atoms with Crippen LogP contribution in [0.5, 0.6) is 5.75 Å². The van der Waals surface area contributed by atoms with Gasteiger partial charge in [-0.1, -0.05) is 0 Å². The summed E-state index contributed by atoms with van der Waals surface area (Å²) in [5.74, 6) is 0.0100. The first kappa shape index (κ1) is 26.0. The first-order valence-electron chi connectivity index (χ1n) is 12.2. The number of nitrogens with zero attached hydrogens (tertiary/aromatic N) is 4. The summed E-state index contributed by atoms with van der Waals surface area (Å²) in [6, 6.07) is 3.06. The zero-order chi connectivity index (χ0) is 25.7. The van der Waals surface area contributed by atoms with Crippen LogP contribution >= 0.6 is 0 Å². The summed E-state index contributed by atoms with van der Waals surface area (Å²) < 4.78 is 44.1. The molecule has 0 radical (unpaired) electrons. The molecule has 2 saturated heterocycles. The third-order valence-corrected chi connectivity index (χ3v) is 6.68. The molecule has 196 valence electrons. The molecule has 9 nitrogen and oxygen atoms in total. The second kappa shape index (κ2) is 11.8. The van der Waals surface area contributed by atoms with Gasteiger partial charge in [0.1, 0.15) is 17.7 Å². The highest BCUT2D eigenvalue weighted by molar-refractivity contribution is 5.67. The largest absolute Gasteiger partial charge is 0.490 e. The van der Waals surface area contributed by atoms with Gasteiger partial charge in [0, 0.05) is 45.2 Å². The Labute approximate surface area is 209 Å². The van der Waals surface area contributed by atoms with E-state index in [9.17, 15) is 13.6 Å². The van der Waals surface area contributed by atoms with Crippen molar-refractivity contribution in [3.63, 3.8) is 0 Å². The van der Waals surface area contributed by atoms with Gasteiger partial charge in [0.05, 0.1) is 25.6 Å². The fourth-order valence-corrected chi connectivity index (χ4v) is 4.68. The van der Waals surface area contributed by atoms with Crippen molar-refractivity contribution in [2.45, 2.75) is 37.8 Å². The second-order valence-corrected chi connectivity index (χ2v) is 9.45. The number of methoxy groups -OCH3 is 1. The van der Waals surface area contributed by atoms with Crippen LogP contribution in [0.3, 0.4) is 0 Å². The van der Waals surface area contributed by atoms with Gasteiger partial charge in [-0.25, -0.2) is 23.5 Å². The molecule has 0 saturated carbocycles. The molecule has 2 fully saturated rings. The molecule has 36 heavy (non-hydrogen) atoms. The zero-order valence-electron chi connectivity index (χ0n) is 20.6. The van der Waals surface area contributed by atoms with Crippen LogP contribution in [0.25, 0.3) is 0 Å². The quantitative estimate of drug-likeness (QED) is 0.584. The average Bonchev–Trinajstić information content (AvgIpc) is 3.26. The zero-order valence-corrected chi connectivity index (χ0v) is 20.6. The van der Waals surface area contributed by atoms with Gasteiger partial charge in [-0.2, -0.15) is 0 Å². The van der Waals surface area contributed by atoms with Crippen LogP contribution in [0.2, 0.25) is 0 Å². The van der Waals surface area contributed by atoms with Crippen LogP contribution in [0.1, 0.15) is 31.2 Å². The number of ether oxygens (including phenoxy) is 3. The molecule has 2 aliphatic rings. The van der Waals surface area contributed by atoms with Crippen LogP contribution in [-0.4, -0.2) is 79.6 Å². The number of carbonyl (C=O) groups is 1. The number of halogens is 2. The van der Waals surface area contributed by atoms with Crippen molar-refractivity contribution < 1.29 is 27.8 Å². The van der Waals surface area contributed by atoms with E-state index in [0.29, 0.717) is 57.0 Å². The molecule has 2 aromatic rings. The van der Waals surface area contributed by atoms with Crippen molar-refractivity contribution in [1.29, 1.82) is 0 Å². The van der Waals surface area contributed by atoms with E-state index in [1.807, 2.05) is 4.90 Å². The summed E-state index contributed by atoms with van der Waals surface area (Å²) in [5, 5.41) is 0. The first-order chi connectivity index (χ1) is 17.3. The van der Waals surface area contributed by atoms with E-state index >= 15 is 0 Å². The molecule has 2 aliphatic heterocycles. The molecular formula is C25H33F2N5O4. The number of nitrogens with two attached hydrogens (primary N) is 1. The monoisotopic (exact) mass is 505 g/mol. The molecule has 3 atom stereocenters. The molecule has 2 N–H and O–H groups in total. The lowest BCUT2D eigenvalue weighted by Crippen LogP contribution is -2.41. The summed E-state index contributed by atoms with van der Waals surface area (Å²) in [7, 11) is 1.57. The molecule has 1 aromatic heterocycles. The van der Waals surface area contributed by atoms with Crippen LogP contribution in [0.15, 0.2) is 30.6 Å². The highest BCUT2D eigenvalue weighted by atomic mass is 19.1. The molecule has 4 rings (SSSR count). The predicted octanol–water partition coefficient (Wildman–Crippen LogP) is 2.95. The summed E-state index contributed by atoms with van der Waals surface area (Å²) in [5.41, 5.74) is 6.51. The van der Waals surface area contributed by atoms with E-state index in [2.05, 4.69) is 9.97 Å². The van der Waals surface area contributed by atoms with E-state index in [-0.39, 0.29) is 29.7 Å². The number of piperidine rings is 1. The fraction of sp³-hybridized carbons (Fsp3) is 0.560. The Kier molecular flexibility index (Phi) is 8.52. The number of anilines is 1. The summed E-state index contributed by atoms with van der Waals surface area (Å²) in [6.07, 6.45) is 4.25. The van der Waals surface area contributed by atoms with Gasteiger partial charge in [-0.3, -0.25) is 0 Å². The maximum absolute atomic E-state index is 14.2. The molecule has 0 aliphatic carbocycles. The van der Waals surface area contributed by atoms with Crippen molar-refractivity contribution >= 4 is 12.0 Å². The van der Waals surface area contributed by atoms with E-state index < -0.39 is 11.6 Å². The number of likely N-dealkylation sites (tertiary alicyclic amines) is 1. The molecule has 0 unspecified atom stereocenters. The minimum absolute atomic E-state index is 0.272. The number of rotatable bonds is 8. The lowest BCUT2D eigenvalue weighted by atomic mass is 9.94. The van der Waals surface area contributed by atoms with Gasteiger partial charge in [-0.15, -0.1) is 0 Å². The van der Waals surface area contributed by atoms with Crippen LogP contribution in [0.4, 0.5) is 19.5 Å². The standard InChI is InChI=1S/C25H33F2N5O4/c1-16(14-34-2)36-25(33)31-7-5-17(6-8-31)15-35-19-10-29-24(30-11-19)32-12-21(23(28)13-32)20-9-18(26)3-4-22(20)27/h3-4,9-11,16-17,21,23H,5-8,12-15,28H2,1-2H3/t16-,21+,23-/m0/s1. The first-order valence-corrected chi connectivity index (χ1v) is 12.2. The molecule has 0 spiro atoms. The Hall–Kier alpha value is -3.05. The molecule has 1 aromatic carbocycles. The van der Waals surface area contributed by atoms with Gasteiger partial charge < -0.3 is 29.7 Å². The minimum atomic E-state index is -0.489. The van der Waals surface area contributed by atoms with Crippen molar-refractivity contribution in [3.05, 3.63) is 47.8 Å². The number of amides is 1. The third-order valence-electron chi connectivity index (χ3n) is 6.68. The van der Waals surface area contributed by atoms with Gasteiger partial charge in [0.2, 0.25) is 5.95 Å². The Bertz CT molecular complexity index is 1020. The maximum Gasteiger partial charge on any atom is 0.410 e. The molecule has 0 bridgehead atoms. The van der Waals surface area contributed by atoms with Crippen molar-refractivity contribution in [3.8, 4) is 5.75 Å². The highest BCUT2D eigenvalue weighted by Gasteiger charge is 2.34. The molecule has 3 heterocycles. The van der Waals surface area contributed by atoms with Gasteiger partial charge in [-0.05, 0) is 49.4 Å². The van der Waals surface area contributed by atoms with E-state index in [0.717, 1.165) is 25.0 Å². The SMILES string of the molecule is COC[C@H](C)OC(=O)N1CCC(COc2cnc(N3C[C@H](c4cc(F)ccc4F)[C@@H](N)C3)nc2)CC1. The van der Waals surface area contributed by atoms with Gasteiger partial charge in [0.15, 0.2) is 5.75 Å². The number of hydrogen-bond acceptors (Lipinski definition) is 8. The number of carbonyl (C=O) groups excluding carboxylic acids is 1. The summed E-state index contributed by atoms with van der Waals surface area (Å²) in [4.78, 5) is 24.6. The maximum atomic E-state index is 14.2. The fourth-order valence-electron chi connectivity index (χ4n) is 4.68. The van der Waals surface area contributed by atoms with E-state index in [4.69, 9.17) is 19.9 Å². The van der Waals surface area contributed by atoms with Crippen molar-refractivity contribution in [2.24, 2.45) is 11.7 Å². The minimum Gasteiger partial charge on any atom is -0.490 e. The number of benzene rings is 1. The Morgan fingerprint density at radius 1 is 1.19 bits per heavy atom. The van der Waals surface area contributed by atoms with Crippen molar-refractivity contribution in [2.75, 3.05) is 51.4 Å². The highest BCUT2D eigenvalue weighted by Crippen LogP contribution is 2.31. The van der Waals surface area contributed by atoms with Crippen LogP contribution < -0.4 is 15.4 Å². The smallest absolute Gasteiger partial charge is 0.410 e. The Morgan fingerprint density at radius 3 is 2.61 bits per heavy atom. The van der Waals surface area contributed by atoms with Crippen LogP contribution in [-0.2, 0) is 9.47 Å². The molecule has 11 heteroatoms. The molecular weight excluding hydrogens is 472 g/mol. The second-order valence-electron chi connectivity index (χ2n) is 9.45. The normalized spacial score (nSPS) is 21.5. The van der Waals surface area contributed by atoms with Crippen molar-refractivity contribution in [1.82, 2.24) is 14.9 Å². The summed E-state index contributed by atoms with van der Waals surface area (Å²) in [6.45, 7) is 4.73. The lowest BCUT2D eigenvalue weighted by Gasteiger charge is -2.31. The topological polar surface area (TPSA) is 103 Å². The van der Waals surface area contributed by atoms with Crippen LogP contribution in [0, 0.1) is 17.6 Å². The van der Waals surface area contributed by atoms with Gasteiger partial charge >= 0.3 is 6.09 Å². The molecule has 1 amide bonds. The van der Waals surface area contributed by atoms with E-state index in [1.165, 1.54) is 6.07 Å². The Balaban J connectivity index is 1.24. The Morgan fingerprint density at radius 2 is 1.92 bits per heavy atom. The number of hydrogen-bond donors (Lipinski definition) is 1. The predicted molar refractivity (Wildman–Crippen MR) is 129 cm³/mol.